The second-order valence-electron chi connectivity index (χ2n) is 8.72. The van der Waals surface area contributed by atoms with E-state index >= 15 is 0 Å². The largest absolute Gasteiger partial charge is 0.506 e. The van der Waals surface area contributed by atoms with E-state index in [1.54, 1.807) is 37.3 Å². The van der Waals surface area contributed by atoms with Crippen molar-refractivity contribution in [3.05, 3.63) is 90.3 Å². The van der Waals surface area contributed by atoms with Gasteiger partial charge in [-0.15, -0.1) is 0 Å². The summed E-state index contributed by atoms with van der Waals surface area (Å²) in [6.45, 7) is 1.56. The number of aromatic hydroxyl groups is 1. The van der Waals surface area contributed by atoms with Crippen LogP contribution in [0.15, 0.2) is 65.1 Å². The number of phenolic OH excluding ortho intramolecular Hbond substituents is 1. The topological polar surface area (TPSA) is 93.8 Å². The Hall–Kier alpha value is -2.73. The van der Waals surface area contributed by atoms with Crippen LogP contribution >= 0.6 is 45.2 Å². The maximum Gasteiger partial charge on any atom is 0.315 e. The lowest BCUT2D eigenvalue weighted by Gasteiger charge is -2.07. The number of ether oxygens (including phenoxy) is 1. The summed E-state index contributed by atoms with van der Waals surface area (Å²) in [5.74, 6) is 0.501. The lowest BCUT2D eigenvalue weighted by Crippen LogP contribution is -2.11. The zero-order valence-electron chi connectivity index (χ0n) is 20.1. The summed E-state index contributed by atoms with van der Waals surface area (Å²) in [5, 5.41) is 10.8. The van der Waals surface area contributed by atoms with Crippen LogP contribution in [0.4, 0.5) is 0 Å². The molecule has 1 heterocycles. The molecule has 8 heteroatoms. The number of halogens is 2. The summed E-state index contributed by atoms with van der Waals surface area (Å²) in [7, 11) is 0. The summed E-state index contributed by atoms with van der Waals surface area (Å²) in [4.78, 5) is 37.5. The Bertz CT molecular complexity index is 1450. The van der Waals surface area contributed by atoms with E-state index in [4.69, 9.17) is 9.15 Å². The lowest BCUT2D eigenvalue weighted by atomic mass is 9.98. The maximum atomic E-state index is 13.7. The average Bonchev–Trinajstić information content (AvgIpc) is 3.22. The molecule has 0 aliphatic heterocycles. The zero-order chi connectivity index (χ0) is 26.5. The number of Topliss-reactive ketones (excluding diaryl/α,β-unsaturated/α-hetero) is 1. The molecule has 0 aliphatic carbocycles. The summed E-state index contributed by atoms with van der Waals surface area (Å²) in [6, 6.07) is 17.6. The number of hydrogen-bond donors (Lipinski definition) is 1. The van der Waals surface area contributed by atoms with Crippen LogP contribution in [-0.2, 0) is 22.4 Å². The molecular formula is C29H24I2O6. The first kappa shape index (κ1) is 27.3. The third-order valence-corrected chi connectivity index (χ3v) is 7.49. The number of carbonyl (C=O) groups excluding carboxylic acids is 3. The molecule has 0 unspecified atom stereocenters. The minimum atomic E-state index is -0.397. The highest BCUT2D eigenvalue weighted by molar-refractivity contribution is 14.1. The van der Waals surface area contributed by atoms with Crippen molar-refractivity contribution in [2.75, 3.05) is 0 Å². The van der Waals surface area contributed by atoms with Gasteiger partial charge in [0.1, 0.15) is 28.6 Å². The summed E-state index contributed by atoms with van der Waals surface area (Å²) < 4.78 is 12.8. The lowest BCUT2D eigenvalue weighted by molar-refractivity contribution is -0.133. The van der Waals surface area contributed by atoms with E-state index in [0.29, 0.717) is 66.4 Å². The van der Waals surface area contributed by atoms with Crippen molar-refractivity contribution >= 4 is 73.7 Å². The Balaban J connectivity index is 1.65. The molecule has 4 rings (SSSR count). The fraction of sp³-hybridized carbons (Fsp3) is 0.207. The van der Waals surface area contributed by atoms with E-state index in [2.05, 4.69) is 0 Å². The van der Waals surface area contributed by atoms with Crippen LogP contribution < -0.4 is 4.74 Å². The van der Waals surface area contributed by atoms with Gasteiger partial charge in [-0.2, -0.15) is 0 Å². The van der Waals surface area contributed by atoms with Crippen LogP contribution in [-0.4, -0.2) is 22.6 Å². The monoisotopic (exact) mass is 722 g/mol. The molecule has 37 heavy (non-hydrogen) atoms. The van der Waals surface area contributed by atoms with E-state index in [1.165, 1.54) is 0 Å². The van der Waals surface area contributed by atoms with Gasteiger partial charge in [0.2, 0.25) is 0 Å². The van der Waals surface area contributed by atoms with Gasteiger partial charge in [0.25, 0.3) is 0 Å². The number of hydrogen-bond acceptors (Lipinski definition) is 6. The number of benzene rings is 3. The van der Waals surface area contributed by atoms with Crippen molar-refractivity contribution in [1.82, 2.24) is 0 Å². The first-order valence-corrected chi connectivity index (χ1v) is 13.9. The Morgan fingerprint density at radius 1 is 0.946 bits per heavy atom. The molecule has 4 aromatic rings. The fourth-order valence-electron chi connectivity index (χ4n) is 4.05. The van der Waals surface area contributed by atoms with Gasteiger partial charge in [0.15, 0.2) is 5.78 Å². The van der Waals surface area contributed by atoms with Gasteiger partial charge in [-0.1, -0.05) is 30.3 Å². The van der Waals surface area contributed by atoms with Gasteiger partial charge < -0.3 is 19.1 Å². The predicted molar refractivity (Wildman–Crippen MR) is 157 cm³/mol. The number of ketones is 2. The SMILES string of the molecule is CC(=O)CCCCc1oc2cc(OC(=O)Cc3ccccc3)ccc2c1C(=O)c1cc(I)c(O)c(I)c1. The van der Waals surface area contributed by atoms with Gasteiger partial charge in [0, 0.05) is 29.9 Å². The quantitative estimate of drug-likeness (QED) is 0.0622. The minimum absolute atomic E-state index is 0.121. The molecular weight excluding hydrogens is 698 g/mol. The molecule has 0 atom stereocenters. The van der Waals surface area contributed by atoms with Crippen LogP contribution in [0.1, 0.15) is 53.4 Å². The highest BCUT2D eigenvalue weighted by Crippen LogP contribution is 2.34. The van der Waals surface area contributed by atoms with Crippen LogP contribution in [0.25, 0.3) is 11.0 Å². The van der Waals surface area contributed by atoms with Gasteiger partial charge >= 0.3 is 5.97 Å². The standard InChI is InChI=1S/C29H24I2O6/c1-17(32)7-5-6-10-24-27(28(34)19-14-22(30)29(35)23(31)15-19)21-12-11-20(16-25(21)37-24)36-26(33)13-18-8-3-2-4-9-18/h2-4,8-9,11-12,14-16,35H,5-7,10,13H2,1H3. The first-order valence-electron chi connectivity index (χ1n) is 11.7. The van der Waals surface area contributed by atoms with E-state index in [0.717, 1.165) is 5.56 Å². The second kappa shape index (κ2) is 12.2. The summed E-state index contributed by atoms with van der Waals surface area (Å²) in [6.07, 6.45) is 2.47. The summed E-state index contributed by atoms with van der Waals surface area (Å²) in [5.41, 5.74) is 2.18. The molecule has 0 radical (unpaired) electrons. The zero-order valence-corrected chi connectivity index (χ0v) is 24.4. The number of phenols is 1. The Kier molecular flexibility index (Phi) is 9.01. The molecule has 0 amide bonds. The molecule has 0 spiro atoms. The number of furan rings is 1. The first-order chi connectivity index (χ1) is 17.7. The molecule has 6 nitrogen and oxygen atoms in total. The number of rotatable bonds is 10. The van der Waals surface area contributed by atoms with Crippen LogP contribution in [0, 0.1) is 7.14 Å². The molecule has 190 valence electrons. The van der Waals surface area contributed by atoms with Crippen molar-refractivity contribution in [2.24, 2.45) is 0 Å². The number of fused-ring (bicyclic) bond motifs is 1. The van der Waals surface area contributed by atoms with E-state index in [1.807, 2.05) is 75.5 Å². The van der Waals surface area contributed by atoms with Crippen molar-refractivity contribution in [2.45, 2.75) is 39.0 Å². The van der Waals surface area contributed by atoms with E-state index < -0.39 is 5.97 Å². The third-order valence-electron chi connectivity index (χ3n) is 5.85. The predicted octanol–water partition coefficient (Wildman–Crippen LogP) is 7.03. The molecule has 0 bridgehead atoms. The van der Waals surface area contributed by atoms with Crippen molar-refractivity contribution < 1.29 is 28.6 Å². The van der Waals surface area contributed by atoms with Gasteiger partial charge in [-0.3, -0.25) is 9.59 Å². The molecule has 1 aromatic heterocycles. The Morgan fingerprint density at radius 3 is 2.32 bits per heavy atom. The number of aryl methyl sites for hydroxylation is 1. The average molecular weight is 722 g/mol. The normalized spacial score (nSPS) is 11.0. The van der Waals surface area contributed by atoms with Crippen molar-refractivity contribution in [1.29, 1.82) is 0 Å². The molecule has 0 fully saturated rings. The van der Waals surface area contributed by atoms with E-state index in [-0.39, 0.29) is 23.7 Å². The van der Waals surface area contributed by atoms with Gasteiger partial charge in [-0.05, 0) is 94.8 Å². The highest BCUT2D eigenvalue weighted by atomic mass is 127. The van der Waals surface area contributed by atoms with Gasteiger partial charge in [-0.25, -0.2) is 0 Å². The van der Waals surface area contributed by atoms with Crippen LogP contribution in [0.3, 0.4) is 0 Å². The fourth-order valence-corrected chi connectivity index (χ4v) is 5.81. The molecule has 3 aromatic carbocycles. The Labute approximate surface area is 241 Å². The van der Waals surface area contributed by atoms with Crippen LogP contribution in [0.2, 0.25) is 0 Å². The number of esters is 1. The smallest absolute Gasteiger partial charge is 0.315 e. The maximum absolute atomic E-state index is 13.7. The van der Waals surface area contributed by atoms with Crippen molar-refractivity contribution in [3.8, 4) is 11.5 Å². The van der Waals surface area contributed by atoms with E-state index in [9.17, 15) is 19.5 Å². The Morgan fingerprint density at radius 2 is 1.65 bits per heavy atom. The summed E-state index contributed by atoms with van der Waals surface area (Å²) >= 11 is 4.00. The van der Waals surface area contributed by atoms with Crippen LogP contribution in [0.5, 0.6) is 11.5 Å². The minimum Gasteiger partial charge on any atom is -0.506 e. The van der Waals surface area contributed by atoms with Gasteiger partial charge in [0.05, 0.1) is 19.1 Å². The number of carbonyl (C=O) groups is 3. The molecule has 1 N–H and O–H groups in total. The molecule has 0 saturated heterocycles. The molecule has 0 aliphatic rings. The molecule has 0 saturated carbocycles. The number of unbranched alkanes of at least 4 members (excludes halogenated alkanes) is 1. The van der Waals surface area contributed by atoms with Crippen molar-refractivity contribution in [3.63, 3.8) is 0 Å². The third kappa shape index (κ3) is 6.78. The highest BCUT2D eigenvalue weighted by Gasteiger charge is 2.24. The second-order valence-corrected chi connectivity index (χ2v) is 11.0.